The molecule has 1 atom stereocenters. The first-order chi connectivity index (χ1) is 7.84. The molecule has 1 aliphatic rings. The van der Waals surface area contributed by atoms with E-state index in [1.807, 2.05) is 0 Å². The lowest BCUT2D eigenvalue weighted by Crippen LogP contribution is -2.35. The predicted octanol–water partition coefficient (Wildman–Crippen LogP) is 0.777. The van der Waals surface area contributed by atoms with Crippen LogP contribution in [0.5, 0.6) is 0 Å². The van der Waals surface area contributed by atoms with E-state index in [-0.39, 0.29) is 12.1 Å². The summed E-state index contributed by atoms with van der Waals surface area (Å²) in [4.78, 5) is 19.2. The number of amides is 2. The number of ether oxygens (including phenoxy) is 1. The highest BCUT2D eigenvalue weighted by Crippen LogP contribution is 2.10. The Labute approximate surface area is 93.4 Å². The third-order valence-electron chi connectivity index (χ3n) is 2.31. The molecule has 6 nitrogen and oxygen atoms in total. The summed E-state index contributed by atoms with van der Waals surface area (Å²) in [5, 5.41) is 5.26. The molecule has 0 aromatic carbocycles. The highest BCUT2D eigenvalue weighted by Gasteiger charge is 2.16. The predicted molar refractivity (Wildman–Crippen MR) is 58.0 cm³/mol. The van der Waals surface area contributed by atoms with Gasteiger partial charge in [0.1, 0.15) is 0 Å². The molecule has 2 rings (SSSR count). The van der Waals surface area contributed by atoms with Crippen LogP contribution in [0.15, 0.2) is 18.5 Å². The zero-order valence-electron chi connectivity index (χ0n) is 8.85. The highest BCUT2D eigenvalue weighted by molar-refractivity contribution is 5.87. The van der Waals surface area contributed by atoms with Crippen LogP contribution in [0.25, 0.3) is 0 Å². The number of urea groups is 1. The maximum absolute atomic E-state index is 11.4. The number of carbonyl (C=O) groups excluding carboxylic acids is 1. The number of nitrogens with zero attached hydrogens (tertiary/aromatic N) is 2. The Morgan fingerprint density at radius 1 is 1.50 bits per heavy atom. The summed E-state index contributed by atoms with van der Waals surface area (Å²) in [6, 6.07) is 1.39. The minimum atomic E-state index is -0.304. The summed E-state index contributed by atoms with van der Waals surface area (Å²) >= 11 is 0. The van der Waals surface area contributed by atoms with Gasteiger partial charge in [-0.1, -0.05) is 0 Å². The smallest absolute Gasteiger partial charge is 0.321 e. The standard InChI is InChI=1S/C10H14N4O2/c15-10(13-7-8-3-1-6-16-8)14-9-11-4-2-5-12-9/h2,4-5,8H,1,3,6-7H2,(H2,11,12,13,14,15). The molecule has 6 heteroatoms. The van der Waals surface area contributed by atoms with Gasteiger partial charge in [0, 0.05) is 25.5 Å². The molecule has 0 spiro atoms. The van der Waals surface area contributed by atoms with Gasteiger partial charge >= 0.3 is 6.03 Å². The Balaban J connectivity index is 1.72. The lowest BCUT2D eigenvalue weighted by atomic mass is 10.2. The van der Waals surface area contributed by atoms with Crippen LogP contribution in [-0.2, 0) is 4.74 Å². The normalized spacial score (nSPS) is 19.4. The van der Waals surface area contributed by atoms with Crippen LogP contribution in [0.1, 0.15) is 12.8 Å². The monoisotopic (exact) mass is 222 g/mol. The summed E-state index contributed by atoms with van der Waals surface area (Å²) < 4.78 is 5.38. The lowest BCUT2D eigenvalue weighted by Gasteiger charge is -2.10. The Bertz CT molecular complexity index is 338. The maximum Gasteiger partial charge on any atom is 0.321 e. The Morgan fingerprint density at radius 3 is 3.00 bits per heavy atom. The van der Waals surface area contributed by atoms with Crippen molar-refractivity contribution in [3.63, 3.8) is 0 Å². The van der Waals surface area contributed by atoms with Gasteiger partial charge < -0.3 is 10.1 Å². The van der Waals surface area contributed by atoms with E-state index < -0.39 is 0 Å². The van der Waals surface area contributed by atoms with Crippen LogP contribution in [0.3, 0.4) is 0 Å². The van der Waals surface area contributed by atoms with E-state index in [9.17, 15) is 4.79 Å². The van der Waals surface area contributed by atoms with Crippen molar-refractivity contribution in [2.24, 2.45) is 0 Å². The second kappa shape index (κ2) is 5.41. The van der Waals surface area contributed by atoms with Gasteiger partial charge in [-0.05, 0) is 18.9 Å². The molecule has 1 unspecified atom stereocenters. The van der Waals surface area contributed by atoms with Crippen molar-refractivity contribution in [2.45, 2.75) is 18.9 Å². The topological polar surface area (TPSA) is 76.1 Å². The first-order valence-electron chi connectivity index (χ1n) is 5.28. The van der Waals surface area contributed by atoms with Crippen LogP contribution >= 0.6 is 0 Å². The minimum Gasteiger partial charge on any atom is -0.376 e. The number of aromatic nitrogens is 2. The number of hydrogen-bond donors (Lipinski definition) is 2. The second-order valence-corrected chi connectivity index (χ2v) is 3.54. The molecule has 0 radical (unpaired) electrons. The molecule has 1 aliphatic heterocycles. The summed E-state index contributed by atoms with van der Waals surface area (Å²) in [6.07, 6.45) is 5.35. The van der Waals surface area contributed by atoms with E-state index in [2.05, 4.69) is 20.6 Å². The molecule has 1 fully saturated rings. The quantitative estimate of drug-likeness (QED) is 0.792. The molecule has 86 valence electrons. The van der Waals surface area contributed by atoms with Gasteiger partial charge in [-0.15, -0.1) is 0 Å². The molecule has 0 saturated carbocycles. The van der Waals surface area contributed by atoms with E-state index in [4.69, 9.17) is 4.74 Å². The number of rotatable bonds is 3. The van der Waals surface area contributed by atoms with E-state index in [0.717, 1.165) is 19.4 Å². The Hall–Kier alpha value is -1.69. The van der Waals surface area contributed by atoms with Crippen LogP contribution < -0.4 is 10.6 Å². The first-order valence-corrected chi connectivity index (χ1v) is 5.28. The van der Waals surface area contributed by atoms with Crippen molar-refractivity contribution in [2.75, 3.05) is 18.5 Å². The fourth-order valence-corrected chi connectivity index (χ4v) is 1.52. The van der Waals surface area contributed by atoms with E-state index in [1.165, 1.54) is 0 Å². The summed E-state index contributed by atoms with van der Waals surface area (Å²) in [5.74, 6) is 0.298. The van der Waals surface area contributed by atoms with E-state index in [1.54, 1.807) is 18.5 Å². The fourth-order valence-electron chi connectivity index (χ4n) is 1.52. The van der Waals surface area contributed by atoms with Crippen molar-refractivity contribution in [1.29, 1.82) is 0 Å². The molecule has 2 heterocycles. The van der Waals surface area contributed by atoms with Gasteiger partial charge in [0.15, 0.2) is 0 Å². The zero-order chi connectivity index (χ0) is 11.2. The average Bonchev–Trinajstić information content (AvgIpc) is 2.81. The van der Waals surface area contributed by atoms with Crippen molar-refractivity contribution in [3.05, 3.63) is 18.5 Å². The van der Waals surface area contributed by atoms with Crippen LogP contribution in [0.4, 0.5) is 10.7 Å². The first kappa shape index (κ1) is 10.8. The second-order valence-electron chi connectivity index (χ2n) is 3.54. The van der Waals surface area contributed by atoms with Gasteiger partial charge in [-0.2, -0.15) is 0 Å². The van der Waals surface area contributed by atoms with Crippen molar-refractivity contribution < 1.29 is 9.53 Å². The summed E-state index contributed by atoms with van der Waals surface area (Å²) in [5.41, 5.74) is 0. The van der Waals surface area contributed by atoms with Crippen LogP contribution in [-0.4, -0.2) is 35.3 Å². The molecule has 2 N–H and O–H groups in total. The number of carbonyl (C=O) groups is 1. The molecule has 1 aromatic heterocycles. The van der Waals surface area contributed by atoms with Crippen molar-refractivity contribution >= 4 is 12.0 Å². The van der Waals surface area contributed by atoms with Gasteiger partial charge in [-0.25, -0.2) is 14.8 Å². The lowest BCUT2D eigenvalue weighted by molar-refractivity contribution is 0.112. The molecule has 0 bridgehead atoms. The molecule has 1 aromatic rings. The zero-order valence-corrected chi connectivity index (χ0v) is 8.85. The highest BCUT2D eigenvalue weighted by atomic mass is 16.5. The van der Waals surface area contributed by atoms with Gasteiger partial charge in [0.2, 0.25) is 5.95 Å². The molecule has 0 aliphatic carbocycles. The van der Waals surface area contributed by atoms with Crippen LogP contribution in [0.2, 0.25) is 0 Å². The molecule has 1 saturated heterocycles. The Kier molecular flexibility index (Phi) is 3.66. The average molecular weight is 222 g/mol. The summed E-state index contributed by atoms with van der Waals surface area (Å²) in [7, 11) is 0. The van der Waals surface area contributed by atoms with Gasteiger partial charge in [0.05, 0.1) is 6.10 Å². The third-order valence-corrected chi connectivity index (χ3v) is 2.31. The molecule has 2 amide bonds. The maximum atomic E-state index is 11.4. The van der Waals surface area contributed by atoms with Gasteiger partial charge in [-0.3, -0.25) is 5.32 Å². The van der Waals surface area contributed by atoms with Crippen molar-refractivity contribution in [1.82, 2.24) is 15.3 Å². The molecular weight excluding hydrogens is 208 g/mol. The number of hydrogen-bond acceptors (Lipinski definition) is 4. The largest absolute Gasteiger partial charge is 0.376 e. The third kappa shape index (κ3) is 3.16. The summed E-state index contributed by atoms with van der Waals surface area (Å²) in [6.45, 7) is 1.31. The molecular formula is C10H14N4O2. The van der Waals surface area contributed by atoms with E-state index in [0.29, 0.717) is 12.5 Å². The minimum absolute atomic E-state index is 0.141. The fraction of sp³-hybridized carbons (Fsp3) is 0.500. The van der Waals surface area contributed by atoms with Gasteiger partial charge in [0.25, 0.3) is 0 Å². The molecule has 16 heavy (non-hydrogen) atoms. The number of anilines is 1. The van der Waals surface area contributed by atoms with E-state index >= 15 is 0 Å². The van der Waals surface area contributed by atoms with Crippen LogP contribution in [0, 0.1) is 0 Å². The SMILES string of the molecule is O=C(NCC1CCCO1)Nc1ncccn1. The Morgan fingerprint density at radius 2 is 2.31 bits per heavy atom. The number of nitrogens with one attached hydrogen (secondary N) is 2. The van der Waals surface area contributed by atoms with Crippen molar-refractivity contribution in [3.8, 4) is 0 Å².